The molecular weight excluding hydrogens is 262 g/mol. The first-order valence-corrected chi connectivity index (χ1v) is 6.46. The van der Waals surface area contributed by atoms with Gasteiger partial charge in [0.25, 0.3) is 5.91 Å². The summed E-state index contributed by atoms with van der Waals surface area (Å²) in [6.45, 7) is 3.13. The van der Waals surface area contributed by atoms with Gasteiger partial charge in [-0.1, -0.05) is 23.7 Å². The first-order chi connectivity index (χ1) is 9.10. The number of benzene rings is 1. The highest BCUT2D eigenvalue weighted by atomic mass is 35.5. The molecule has 0 saturated carbocycles. The van der Waals surface area contributed by atoms with Crippen molar-refractivity contribution < 1.29 is 4.79 Å². The molecule has 0 spiro atoms. The molecule has 3 N–H and O–H groups in total. The number of carbonyl (C=O) groups excluding carboxylic acids is 1. The summed E-state index contributed by atoms with van der Waals surface area (Å²) < 4.78 is 1.82. The molecule has 0 unspecified atom stereocenters. The van der Waals surface area contributed by atoms with Crippen molar-refractivity contribution in [1.82, 2.24) is 9.88 Å². The van der Waals surface area contributed by atoms with Crippen molar-refractivity contribution in [2.45, 2.75) is 20.0 Å². The molecule has 0 saturated heterocycles. The van der Waals surface area contributed by atoms with E-state index in [1.165, 1.54) is 0 Å². The Morgan fingerprint density at radius 1 is 1.37 bits per heavy atom. The molecule has 1 aromatic heterocycles. The molecule has 100 valence electrons. The van der Waals surface area contributed by atoms with Gasteiger partial charge in [-0.2, -0.15) is 0 Å². The zero-order valence-corrected chi connectivity index (χ0v) is 11.4. The molecule has 1 heterocycles. The molecule has 1 aromatic carbocycles. The van der Waals surface area contributed by atoms with Crippen molar-refractivity contribution in [3.8, 4) is 0 Å². The van der Waals surface area contributed by atoms with Crippen LogP contribution in [-0.2, 0) is 13.1 Å². The van der Waals surface area contributed by atoms with Gasteiger partial charge in [0.1, 0.15) is 5.69 Å². The van der Waals surface area contributed by atoms with Gasteiger partial charge in [0.15, 0.2) is 0 Å². The van der Waals surface area contributed by atoms with Gasteiger partial charge in [0, 0.05) is 25.0 Å². The van der Waals surface area contributed by atoms with Crippen LogP contribution in [0.4, 0.5) is 5.69 Å². The predicted octanol–water partition coefficient (Wildman–Crippen LogP) is 2.67. The predicted molar refractivity (Wildman–Crippen MR) is 77.1 cm³/mol. The molecule has 2 aromatic rings. The number of nitrogens with one attached hydrogen (secondary N) is 1. The molecule has 2 rings (SSSR count). The number of nitrogen functional groups attached to an aromatic ring is 1. The van der Waals surface area contributed by atoms with Crippen LogP contribution in [0.1, 0.15) is 23.0 Å². The van der Waals surface area contributed by atoms with Crippen molar-refractivity contribution in [3.63, 3.8) is 0 Å². The normalized spacial score (nSPS) is 10.4. The van der Waals surface area contributed by atoms with E-state index in [1.807, 2.05) is 35.8 Å². The van der Waals surface area contributed by atoms with Crippen molar-refractivity contribution >= 4 is 23.2 Å². The van der Waals surface area contributed by atoms with E-state index in [2.05, 4.69) is 5.32 Å². The summed E-state index contributed by atoms with van der Waals surface area (Å²) in [5.74, 6) is -0.134. The molecule has 0 bridgehead atoms. The SMILES string of the molecule is CCn1cc(Cl)cc1C(=O)NCc1ccc(N)cc1. The van der Waals surface area contributed by atoms with Gasteiger partial charge in [0.2, 0.25) is 0 Å². The summed E-state index contributed by atoms with van der Waals surface area (Å²) in [6.07, 6.45) is 1.75. The maximum absolute atomic E-state index is 12.1. The fourth-order valence-corrected chi connectivity index (χ4v) is 2.06. The summed E-state index contributed by atoms with van der Waals surface area (Å²) in [4.78, 5) is 12.1. The van der Waals surface area contributed by atoms with Crippen LogP contribution in [0.15, 0.2) is 36.5 Å². The van der Waals surface area contributed by atoms with E-state index in [9.17, 15) is 4.79 Å². The molecule has 4 nitrogen and oxygen atoms in total. The summed E-state index contributed by atoms with van der Waals surface area (Å²) in [6, 6.07) is 9.08. The highest BCUT2D eigenvalue weighted by Crippen LogP contribution is 2.14. The Kier molecular flexibility index (Phi) is 4.12. The zero-order valence-electron chi connectivity index (χ0n) is 10.7. The molecule has 0 aliphatic rings. The second-order valence-corrected chi connectivity index (χ2v) is 4.69. The second-order valence-electron chi connectivity index (χ2n) is 4.25. The largest absolute Gasteiger partial charge is 0.399 e. The quantitative estimate of drug-likeness (QED) is 0.844. The highest BCUT2D eigenvalue weighted by molar-refractivity contribution is 6.31. The Hall–Kier alpha value is -1.94. The summed E-state index contributed by atoms with van der Waals surface area (Å²) in [5, 5.41) is 3.43. The molecule has 0 fully saturated rings. The van der Waals surface area contributed by atoms with Gasteiger partial charge in [-0.25, -0.2) is 0 Å². The van der Waals surface area contributed by atoms with E-state index in [-0.39, 0.29) is 5.91 Å². The third-order valence-corrected chi connectivity index (χ3v) is 3.08. The van der Waals surface area contributed by atoms with E-state index < -0.39 is 0 Å². The molecule has 1 amide bonds. The summed E-state index contributed by atoms with van der Waals surface area (Å²) >= 11 is 5.91. The number of hydrogen-bond acceptors (Lipinski definition) is 2. The Labute approximate surface area is 117 Å². The van der Waals surface area contributed by atoms with E-state index in [0.29, 0.717) is 29.5 Å². The van der Waals surface area contributed by atoms with Gasteiger partial charge in [-0.3, -0.25) is 4.79 Å². The van der Waals surface area contributed by atoms with Crippen molar-refractivity contribution in [2.75, 3.05) is 5.73 Å². The number of anilines is 1. The van der Waals surface area contributed by atoms with Gasteiger partial charge in [-0.15, -0.1) is 0 Å². The van der Waals surface area contributed by atoms with Crippen LogP contribution in [-0.4, -0.2) is 10.5 Å². The monoisotopic (exact) mass is 277 g/mol. The van der Waals surface area contributed by atoms with Crippen molar-refractivity contribution in [2.24, 2.45) is 0 Å². The van der Waals surface area contributed by atoms with Crippen LogP contribution in [0.3, 0.4) is 0 Å². The number of nitrogens with zero attached hydrogens (tertiary/aromatic N) is 1. The number of carbonyl (C=O) groups is 1. The minimum atomic E-state index is -0.134. The smallest absolute Gasteiger partial charge is 0.268 e. The fourth-order valence-electron chi connectivity index (χ4n) is 1.84. The van der Waals surface area contributed by atoms with E-state index in [0.717, 1.165) is 5.56 Å². The number of aryl methyl sites for hydroxylation is 1. The molecule has 0 radical (unpaired) electrons. The molecule has 0 aliphatic carbocycles. The maximum Gasteiger partial charge on any atom is 0.268 e. The van der Waals surface area contributed by atoms with Crippen molar-refractivity contribution in [1.29, 1.82) is 0 Å². The maximum atomic E-state index is 12.1. The number of nitrogens with two attached hydrogens (primary N) is 1. The molecule has 0 aliphatic heterocycles. The van der Waals surface area contributed by atoms with Gasteiger partial charge in [0.05, 0.1) is 5.02 Å². The molecular formula is C14H16ClN3O. The lowest BCUT2D eigenvalue weighted by molar-refractivity contribution is 0.0942. The Balaban J connectivity index is 2.03. The number of halogens is 1. The topological polar surface area (TPSA) is 60.0 Å². The minimum Gasteiger partial charge on any atom is -0.399 e. The van der Waals surface area contributed by atoms with Crippen LogP contribution in [0, 0.1) is 0 Å². The van der Waals surface area contributed by atoms with Crippen LogP contribution < -0.4 is 11.1 Å². The molecule has 5 heteroatoms. The average Bonchev–Trinajstić information content (AvgIpc) is 2.79. The lowest BCUT2D eigenvalue weighted by atomic mass is 10.2. The minimum absolute atomic E-state index is 0.134. The Bertz CT molecular complexity index is 575. The van der Waals surface area contributed by atoms with Crippen LogP contribution >= 0.6 is 11.6 Å². The second kappa shape index (κ2) is 5.80. The number of aromatic nitrogens is 1. The lowest BCUT2D eigenvalue weighted by Crippen LogP contribution is -2.25. The number of amides is 1. The van der Waals surface area contributed by atoms with Gasteiger partial charge in [-0.05, 0) is 30.7 Å². The first-order valence-electron chi connectivity index (χ1n) is 6.08. The number of hydrogen-bond donors (Lipinski definition) is 2. The van der Waals surface area contributed by atoms with E-state index >= 15 is 0 Å². The summed E-state index contributed by atoms with van der Waals surface area (Å²) in [5.41, 5.74) is 7.89. The standard InChI is InChI=1S/C14H16ClN3O/c1-2-18-9-11(15)7-13(18)14(19)17-8-10-3-5-12(16)6-4-10/h3-7,9H,2,8,16H2,1H3,(H,17,19). The highest BCUT2D eigenvalue weighted by Gasteiger charge is 2.11. The van der Waals surface area contributed by atoms with E-state index in [4.69, 9.17) is 17.3 Å². The Morgan fingerprint density at radius 3 is 2.68 bits per heavy atom. The zero-order chi connectivity index (χ0) is 13.8. The van der Waals surface area contributed by atoms with E-state index in [1.54, 1.807) is 12.3 Å². The molecule has 0 atom stereocenters. The summed E-state index contributed by atoms with van der Waals surface area (Å²) in [7, 11) is 0. The van der Waals surface area contributed by atoms with Gasteiger partial charge >= 0.3 is 0 Å². The third-order valence-electron chi connectivity index (χ3n) is 2.87. The fraction of sp³-hybridized carbons (Fsp3) is 0.214. The third kappa shape index (κ3) is 3.29. The molecule has 19 heavy (non-hydrogen) atoms. The average molecular weight is 278 g/mol. The lowest BCUT2D eigenvalue weighted by Gasteiger charge is -2.08. The van der Waals surface area contributed by atoms with Crippen LogP contribution in [0.5, 0.6) is 0 Å². The first kappa shape index (κ1) is 13.5. The van der Waals surface area contributed by atoms with Gasteiger partial charge < -0.3 is 15.6 Å². The van der Waals surface area contributed by atoms with Crippen LogP contribution in [0.25, 0.3) is 0 Å². The van der Waals surface area contributed by atoms with Crippen LogP contribution in [0.2, 0.25) is 5.02 Å². The number of rotatable bonds is 4. The van der Waals surface area contributed by atoms with Crippen molar-refractivity contribution in [3.05, 3.63) is 52.8 Å². The Morgan fingerprint density at radius 2 is 2.05 bits per heavy atom.